The maximum atomic E-state index is 11.3. The van der Waals surface area contributed by atoms with Gasteiger partial charge in [-0.2, -0.15) is 0 Å². The van der Waals surface area contributed by atoms with E-state index in [0.29, 0.717) is 19.6 Å². The van der Waals surface area contributed by atoms with Crippen molar-refractivity contribution in [1.29, 1.82) is 0 Å². The topological polar surface area (TPSA) is 63.7 Å². The molecule has 1 rings (SSSR count). The third-order valence-corrected chi connectivity index (χ3v) is 3.79. The Balaban J connectivity index is 2.63. The maximum absolute atomic E-state index is 11.3. The van der Waals surface area contributed by atoms with E-state index in [9.17, 15) is 13.2 Å². The molecule has 106 valence electrons. The normalized spacial score (nSPS) is 11.1. The molecule has 0 aromatic heterocycles. The number of carbonyl (C=O) groups excluding carboxylic acids is 1. The predicted molar refractivity (Wildman–Crippen MR) is 74.1 cm³/mol. The van der Waals surface area contributed by atoms with Crippen LogP contribution < -0.4 is 4.90 Å². The summed E-state index contributed by atoms with van der Waals surface area (Å²) >= 11 is 0. The zero-order valence-electron chi connectivity index (χ0n) is 11.4. The van der Waals surface area contributed by atoms with Gasteiger partial charge in [-0.05, 0) is 31.2 Å². The van der Waals surface area contributed by atoms with Gasteiger partial charge in [0.05, 0.1) is 17.9 Å². The van der Waals surface area contributed by atoms with Crippen LogP contribution in [0.3, 0.4) is 0 Å². The molecule has 0 N–H and O–H groups in total. The number of rotatable bonds is 6. The van der Waals surface area contributed by atoms with Crippen molar-refractivity contribution in [2.75, 3.05) is 31.4 Å². The van der Waals surface area contributed by atoms with E-state index in [1.54, 1.807) is 31.2 Å². The van der Waals surface area contributed by atoms with Gasteiger partial charge in [0.25, 0.3) is 0 Å². The van der Waals surface area contributed by atoms with E-state index in [-0.39, 0.29) is 10.9 Å². The van der Waals surface area contributed by atoms with Gasteiger partial charge in [0, 0.05) is 25.5 Å². The lowest BCUT2D eigenvalue weighted by Gasteiger charge is -2.18. The van der Waals surface area contributed by atoms with Crippen molar-refractivity contribution in [2.24, 2.45) is 0 Å². The van der Waals surface area contributed by atoms with Crippen molar-refractivity contribution >= 4 is 21.5 Å². The van der Waals surface area contributed by atoms with Gasteiger partial charge in [-0.25, -0.2) is 8.42 Å². The summed E-state index contributed by atoms with van der Waals surface area (Å²) in [4.78, 5) is 13.4. The van der Waals surface area contributed by atoms with Crippen LogP contribution >= 0.6 is 0 Å². The smallest absolute Gasteiger partial charge is 0.307 e. The standard InChI is InChI=1S/C13H19NO4S/c1-4-18-13(15)9-10-14(2)11-5-7-12(8-6-11)19(3,16)17/h5-8H,4,9-10H2,1-3H3. The number of benzene rings is 1. The fraction of sp³-hybridized carbons (Fsp3) is 0.462. The van der Waals surface area contributed by atoms with E-state index in [0.717, 1.165) is 5.69 Å². The average Bonchev–Trinajstić information content (AvgIpc) is 2.35. The van der Waals surface area contributed by atoms with Crippen molar-refractivity contribution in [3.05, 3.63) is 24.3 Å². The Morgan fingerprint density at radius 3 is 2.32 bits per heavy atom. The van der Waals surface area contributed by atoms with Crippen LogP contribution in [0.2, 0.25) is 0 Å². The maximum Gasteiger partial charge on any atom is 0.307 e. The molecule has 0 fully saturated rings. The van der Waals surface area contributed by atoms with Gasteiger partial charge in [-0.15, -0.1) is 0 Å². The molecule has 19 heavy (non-hydrogen) atoms. The van der Waals surface area contributed by atoms with Gasteiger partial charge in [-0.1, -0.05) is 0 Å². The third-order valence-electron chi connectivity index (χ3n) is 2.66. The molecule has 5 nitrogen and oxygen atoms in total. The number of ether oxygens (including phenoxy) is 1. The van der Waals surface area contributed by atoms with E-state index >= 15 is 0 Å². The van der Waals surface area contributed by atoms with Gasteiger partial charge in [-0.3, -0.25) is 4.79 Å². The van der Waals surface area contributed by atoms with Crippen LogP contribution in [0.15, 0.2) is 29.2 Å². The molecule has 0 unspecified atom stereocenters. The van der Waals surface area contributed by atoms with Crippen molar-refractivity contribution in [1.82, 2.24) is 0 Å². The molecule has 1 aromatic rings. The molecule has 1 aromatic carbocycles. The molecule has 0 aliphatic carbocycles. The summed E-state index contributed by atoms with van der Waals surface area (Å²) in [6.45, 7) is 2.67. The minimum Gasteiger partial charge on any atom is -0.466 e. The van der Waals surface area contributed by atoms with Crippen LogP contribution in [-0.4, -0.2) is 40.8 Å². The van der Waals surface area contributed by atoms with E-state index in [2.05, 4.69) is 0 Å². The monoisotopic (exact) mass is 285 g/mol. The summed E-state index contributed by atoms with van der Waals surface area (Å²) < 4.78 is 27.5. The number of hydrogen-bond acceptors (Lipinski definition) is 5. The lowest BCUT2D eigenvalue weighted by molar-refractivity contribution is -0.142. The van der Waals surface area contributed by atoms with Crippen molar-refractivity contribution in [3.63, 3.8) is 0 Å². The van der Waals surface area contributed by atoms with E-state index < -0.39 is 9.84 Å². The molecule has 0 heterocycles. The first kappa shape index (κ1) is 15.5. The summed E-state index contributed by atoms with van der Waals surface area (Å²) in [6.07, 6.45) is 1.48. The molecule has 0 aliphatic rings. The zero-order chi connectivity index (χ0) is 14.5. The molecular weight excluding hydrogens is 266 g/mol. The van der Waals surface area contributed by atoms with Gasteiger partial charge >= 0.3 is 5.97 Å². The first-order chi connectivity index (χ1) is 8.84. The van der Waals surface area contributed by atoms with Gasteiger partial charge in [0.2, 0.25) is 0 Å². The second-order valence-corrected chi connectivity index (χ2v) is 6.26. The van der Waals surface area contributed by atoms with Crippen LogP contribution in [0, 0.1) is 0 Å². The number of sulfone groups is 1. The first-order valence-corrected chi connectivity index (χ1v) is 7.90. The van der Waals surface area contributed by atoms with E-state index in [1.807, 2.05) is 11.9 Å². The van der Waals surface area contributed by atoms with Crippen LogP contribution in [0.4, 0.5) is 5.69 Å². The second kappa shape index (κ2) is 6.56. The molecular formula is C13H19NO4S. The SMILES string of the molecule is CCOC(=O)CCN(C)c1ccc(S(C)(=O)=O)cc1. The lowest BCUT2D eigenvalue weighted by atomic mass is 10.3. The number of anilines is 1. The summed E-state index contributed by atoms with van der Waals surface area (Å²) in [7, 11) is -1.33. The Hall–Kier alpha value is -1.56. The summed E-state index contributed by atoms with van der Waals surface area (Å²) in [5, 5.41) is 0. The zero-order valence-corrected chi connectivity index (χ0v) is 12.2. The quantitative estimate of drug-likeness (QED) is 0.741. The summed E-state index contributed by atoms with van der Waals surface area (Å²) in [5.41, 5.74) is 0.858. The molecule has 0 aliphatic heterocycles. The average molecular weight is 285 g/mol. The Morgan fingerprint density at radius 2 is 1.84 bits per heavy atom. The second-order valence-electron chi connectivity index (χ2n) is 4.24. The molecule has 0 saturated heterocycles. The summed E-state index contributed by atoms with van der Waals surface area (Å²) in [5.74, 6) is -0.234. The van der Waals surface area contributed by atoms with Crippen LogP contribution in [0.5, 0.6) is 0 Å². The molecule has 0 radical (unpaired) electrons. The van der Waals surface area contributed by atoms with Gasteiger partial charge in [0.15, 0.2) is 9.84 Å². The number of carbonyl (C=O) groups is 1. The fourth-order valence-electron chi connectivity index (χ4n) is 1.57. The Morgan fingerprint density at radius 1 is 1.26 bits per heavy atom. The Kier molecular flexibility index (Phi) is 5.35. The van der Waals surface area contributed by atoms with Crippen molar-refractivity contribution < 1.29 is 17.9 Å². The number of nitrogens with zero attached hydrogens (tertiary/aromatic N) is 1. The lowest BCUT2D eigenvalue weighted by Crippen LogP contribution is -2.22. The minimum atomic E-state index is -3.17. The molecule has 0 atom stereocenters. The summed E-state index contributed by atoms with van der Waals surface area (Å²) in [6, 6.07) is 6.57. The predicted octanol–water partition coefficient (Wildman–Crippen LogP) is 1.48. The Bertz CT molecular complexity index is 522. The highest BCUT2D eigenvalue weighted by Gasteiger charge is 2.09. The van der Waals surface area contributed by atoms with E-state index in [1.165, 1.54) is 6.26 Å². The largest absolute Gasteiger partial charge is 0.466 e. The number of hydrogen-bond donors (Lipinski definition) is 0. The Labute approximate surface area is 114 Å². The highest BCUT2D eigenvalue weighted by Crippen LogP contribution is 2.17. The first-order valence-electron chi connectivity index (χ1n) is 6.01. The molecule has 0 spiro atoms. The van der Waals surface area contributed by atoms with Crippen LogP contribution in [-0.2, 0) is 19.4 Å². The third kappa shape index (κ3) is 4.90. The molecule has 0 saturated carbocycles. The highest BCUT2D eigenvalue weighted by atomic mass is 32.2. The van der Waals surface area contributed by atoms with Gasteiger partial charge in [0.1, 0.15) is 0 Å². The molecule has 0 bridgehead atoms. The van der Waals surface area contributed by atoms with Crippen LogP contribution in [0.25, 0.3) is 0 Å². The fourth-order valence-corrected chi connectivity index (χ4v) is 2.20. The van der Waals surface area contributed by atoms with Crippen molar-refractivity contribution in [2.45, 2.75) is 18.2 Å². The molecule has 0 amide bonds. The van der Waals surface area contributed by atoms with Gasteiger partial charge < -0.3 is 9.64 Å². The van der Waals surface area contributed by atoms with Crippen molar-refractivity contribution in [3.8, 4) is 0 Å². The van der Waals surface area contributed by atoms with E-state index in [4.69, 9.17) is 4.74 Å². The molecule has 6 heteroatoms. The number of esters is 1. The highest BCUT2D eigenvalue weighted by molar-refractivity contribution is 7.90. The minimum absolute atomic E-state index is 0.234. The van der Waals surface area contributed by atoms with Crippen LogP contribution in [0.1, 0.15) is 13.3 Å².